The summed E-state index contributed by atoms with van der Waals surface area (Å²) in [5.41, 5.74) is 0.364. The molecule has 0 radical (unpaired) electrons. The minimum absolute atomic E-state index is 0.308. The van der Waals surface area contributed by atoms with Gasteiger partial charge in [-0.25, -0.2) is 4.79 Å². The zero-order valence-electron chi connectivity index (χ0n) is 8.48. The van der Waals surface area contributed by atoms with Gasteiger partial charge in [-0.2, -0.15) is 0 Å². The van der Waals surface area contributed by atoms with Crippen LogP contribution in [0.15, 0.2) is 16.7 Å². The maximum Gasteiger partial charge on any atom is 0.352 e. The number of carboxylic acid groups (broad SMARTS) is 1. The van der Waals surface area contributed by atoms with E-state index in [4.69, 9.17) is 5.11 Å². The molecule has 0 bridgehead atoms. The second-order valence-corrected chi connectivity index (χ2v) is 4.68. The van der Waals surface area contributed by atoms with E-state index in [0.29, 0.717) is 11.7 Å². The van der Waals surface area contributed by atoms with Gasteiger partial charge in [0.1, 0.15) is 5.69 Å². The smallest absolute Gasteiger partial charge is 0.352 e. The molecule has 0 atom stereocenters. The number of likely N-dealkylation sites (tertiary alicyclic amines) is 1. The zero-order chi connectivity index (χ0) is 11.0. The molecule has 0 amide bonds. The fraction of sp³-hybridized carbons (Fsp3) is 0.500. The van der Waals surface area contributed by atoms with E-state index >= 15 is 0 Å². The Balaban J connectivity index is 2.18. The van der Waals surface area contributed by atoms with Gasteiger partial charge in [-0.1, -0.05) is 6.92 Å². The van der Waals surface area contributed by atoms with E-state index in [1.165, 1.54) is 0 Å². The molecule has 1 N–H and O–H groups in total. The molecule has 0 unspecified atom stereocenters. The summed E-state index contributed by atoms with van der Waals surface area (Å²) in [6.07, 6.45) is 1.85. The maximum absolute atomic E-state index is 11.0. The van der Waals surface area contributed by atoms with Crippen molar-refractivity contribution in [1.29, 1.82) is 0 Å². The van der Waals surface area contributed by atoms with Crippen molar-refractivity contribution in [3.63, 3.8) is 0 Å². The largest absolute Gasteiger partial charge is 0.477 e. The molecule has 2 heterocycles. The van der Waals surface area contributed by atoms with Gasteiger partial charge < -0.3 is 9.67 Å². The summed E-state index contributed by atoms with van der Waals surface area (Å²) in [5, 5.41) is 9.02. The van der Waals surface area contributed by atoms with Gasteiger partial charge >= 0.3 is 5.97 Å². The summed E-state index contributed by atoms with van der Waals surface area (Å²) in [6.45, 7) is 5.02. The third-order valence-corrected chi connectivity index (χ3v) is 3.25. The van der Waals surface area contributed by atoms with Crippen LogP contribution in [0.4, 0.5) is 0 Å². The van der Waals surface area contributed by atoms with E-state index in [1.54, 1.807) is 6.07 Å². The standard InChI is InChI=1S/C10H13BrN2O2/c1-2-12-5-8(6-12)13-4-7(11)3-9(13)10(14)15/h3-4,8H,2,5-6H2,1H3,(H,14,15). The highest BCUT2D eigenvalue weighted by atomic mass is 79.9. The molecule has 1 aliphatic heterocycles. The highest BCUT2D eigenvalue weighted by Crippen LogP contribution is 2.26. The van der Waals surface area contributed by atoms with E-state index in [-0.39, 0.29) is 0 Å². The Morgan fingerprint density at radius 3 is 2.87 bits per heavy atom. The number of hydrogen-bond acceptors (Lipinski definition) is 2. The lowest BCUT2D eigenvalue weighted by Crippen LogP contribution is -2.47. The lowest BCUT2D eigenvalue weighted by atomic mass is 10.1. The molecule has 1 saturated heterocycles. The van der Waals surface area contributed by atoms with Crippen LogP contribution in [-0.2, 0) is 0 Å². The molecule has 15 heavy (non-hydrogen) atoms. The van der Waals surface area contributed by atoms with Crippen LogP contribution in [-0.4, -0.2) is 40.2 Å². The number of carboxylic acids is 1. The number of nitrogens with zero attached hydrogens (tertiary/aromatic N) is 2. The first-order valence-electron chi connectivity index (χ1n) is 4.95. The van der Waals surface area contributed by atoms with E-state index in [1.807, 2.05) is 10.8 Å². The van der Waals surface area contributed by atoms with Gasteiger partial charge in [0, 0.05) is 23.8 Å². The van der Waals surface area contributed by atoms with Crippen LogP contribution in [0.25, 0.3) is 0 Å². The number of rotatable bonds is 3. The number of carbonyl (C=O) groups is 1. The lowest BCUT2D eigenvalue weighted by Gasteiger charge is -2.39. The average Bonchev–Trinajstić information content (AvgIpc) is 2.45. The minimum Gasteiger partial charge on any atom is -0.477 e. The summed E-state index contributed by atoms with van der Waals surface area (Å²) < 4.78 is 2.67. The molecule has 4 nitrogen and oxygen atoms in total. The predicted octanol–water partition coefficient (Wildman–Crippen LogP) is 1.83. The van der Waals surface area contributed by atoms with Crippen molar-refractivity contribution in [1.82, 2.24) is 9.47 Å². The molecule has 82 valence electrons. The molecule has 0 aromatic carbocycles. The number of aromatic nitrogens is 1. The quantitative estimate of drug-likeness (QED) is 0.913. The Morgan fingerprint density at radius 1 is 1.67 bits per heavy atom. The molecule has 1 aromatic heterocycles. The Labute approximate surface area is 96.6 Å². The number of likely N-dealkylation sites (N-methyl/N-ethyl adjacent to an activating group) is 1. The summed E-state index contributed by atoms with van der Waals surface area (Å²) >= 11 is 3.31. The van der Waals surface area contributed by atoms with Crippen LogP contribution in [0.1, 0.15) is 23.5 Å². The average molecular weight is 273 g/mol. The van der Waals surface area contributed by atoms with Crippen molar-refractivity contribution >= 4 is 21.9 Å². The van der Waals surface area contributed by atoms with Crippen molar-refractivity contribution in [2.24, 2.45) is 0 Å². The van der Waals surface area contributed by atoms with Crippen molar-refractivity contribution < 1.29 is 9.90 Å². The first-order valence-corrected chi connectivity index (χ1v) is 5.74. The van der Waals surface area contributed by atoms with Crippen molar-refractivity contribution in [3.05, 3.63) is 22.4 Å². The molecular formula is C10H13BrN2O2. The SMILES string of the molecule is CCN1CC(n2cc(Br)cc2C(=O)O)C1. The summed E-state index contributed by atoms with van der Waals surface area (Å²) in [7, 11) is 0. The third kappa shape index (κ3) is 1.94. The van der Waals surface area contributed by atoms with E-state index in [0.717, 1.165) is 24.1 Å². The number of halogens is 1. The van der Waals surface area contributed by atoms with E-state index < -0.39 is 5.97 Å². The molecule has 0 saturated carbocycles. The van der Waals surface area contributed by atoms with Gasteiger partial charge in [-0.3, -0.25) is 4.90 Å². The highest BCUT2D eigenvalue weighted by molar-refractivity contribution is 9.10. The first kappa shape index (κ1) is 10.7. The van der Waals surface area contributed by atoms with Gasteiger partial charge in [-0.15, -0.1) is 0 Å². The summed E-state index contributed by atoms with van der Waals surface area (Å²) in [4.78, 5) is 13.3. The van der Waals surface area contributed by atoms with Crippen LogP contribution in [0.3, 0.4) is 0 Å². The molecule has 5 heteroatoms. The van der Waals surface area contributed by atoms with Gasteiger partial charge in [-0.05, 0) is 28.5 Å². The van der Waals surface area contributed by atoms with Crippen molar-refractivity contribution in [3.8, 4) is 0 Å². The van der Waals surface area contributed by atoms with Crippen LogP contribution >= 0.6 is 15.9 Å². The normalized spacial score (nSPS) is 17.7. The van der Waals surface area contributed by atoms with Gasteiger partial charge in [0.15, 0.2) is 0 Å². The summed E-state index contributed by atoms with van der Waals surface area (Å²) in [5.74, 6) is -0.865. The van der Waals surface area contributed by atoms with Gasteiger partial charge in [0.2, 0.25) is 0 Å². The summed E-state index contributed by atoms with van der Waals surface area (Å²) in [6, 6.07) is 1.96. The van der Waals surface area contributed by atoms with Crippen molar-refractivity contribution in [2.75, 3.05) is 19.6 Å². The molecule has 1 fully saturated rings. The van der Waals surface area contributed by atoms with E-state index in [9.17, 15) is 4.79 Å². The third-order valence-electron chi connectivity index (χ3n) is 2.81. The maximum atomic E-state index is 11.0. The van der Waals surface area contributed by atoms with Crippen LogP contribution < -0.4 is 0 Å². The minimum atomic E-state index is -0.865. The molecule has 0 spiro atoms. The molecule has 1 aromatic rings. The fourth-order valence-corrected chi connectivity index (χ4v) is 2.33. The zero-order valence-corrected chi connectivity index (χ0v) is 10.1. The van der Waals surface area contributed by atoms with Gasteiger partial charge in [0.25, 0.3) is 0 Å². The molecule has 2 rings (SSSR count). The van der Waals surface area contributed by atoms with Crippen LogP contribution in [0.2, 0.25) is 0 Å². The van der Waals surface area contributed by atoms with E-state index in [2.05, 4.69) is 27.8 Å². The number of aromatic carboxylic acids is 1. The van der Waals surface area contributed by atoms with Crippen LogP contribution in [0, 0.1) is 0 Å². The Hall–Kier alpha value is -0.810. The Morgan fingerprint density at radius 2 is 2.33 bits per heavy atom. The topological polar surface area (TPSA) is 45.5 Å². The second kappa shape index (κ2) is 3.98. The molecule has 1 aliphatic rings. The van der Waals surface area contributed by atoms with Crippen LogP contribution in [0.5, 0.6) is 0 Å². The molecular weight excluding hydrogens is 260 g/mol. The Bertz CT molecular complexity index is 383. The second-order valence-electron chi connectivity index (χ2n) is 3.76. The number of hydrogen-bond donors (Lipinski definition) is 1. The fourth-order valence-electron chi connectivity index (χ4n) is 1.90. The highest BCUT2D eigenvalue weighted by Gasteiger charge is 2.29. The lowest BCUT2D eigenvalue weighted by molar-refractivity contribution is 0.0657. The molecule has 0 aliphatic carbocycles. The van der Waals surface area contributed by atoms with Gasteiger partial charge in [0.05, 0.1) is 6.04 Å². The van der Waals surface area contributed by atoms with Crippen molar-refractivity contribution in [2.45, 2.75) is 13.0 Å². The monoisotopic (exact) mass is 272 g/mol. The predicted molar refractivity (Wildman–Crippen MR) is 60.2 cm³/mol. The Kier molecular flexibility index (Phi) is 2.84. The first-order chi connectivity index (χ1) is 7.11.